The van der Waals surface area contributed by atoms with Crippen molar-refractivity contribution in [2.24, 2.45) is 0 Å². The van der Waals surface area contributed by atoms with Gasteiger partial charge in [-0.3, -0.25) is 4.79 Å². The minimum Gasteiger partial charge on any atom is -0.384 e. The Kier molecular flexibility index (Phi) is 2.42. The Labute approximate surface area is 75.5 Å². The summed E-state index contributed by atoms with van der Waals surface area (Å²) >= 11 is 0. The van der Waals surface area contributed by atoms with Crippen molar-refractivity contribution in [3.05, 3.63) is 22.5 Å². The predicted molar refractivity (Wildman–Crippen MR) is 49.2 cm³/mol. The van der Waals surface area contributed by atoms with Gasteiger partial charge in [-0.25, -0.2) is 8.42 Å². The summed E-state index contributed by atoms with van der Waals surface area (Å²) in [5, 5.41) is 0. The van der Waals surface area contributed by atoms with E-state index in [4.69, 9.17) is 5.73 Å². The van der Waals surface area contributed by atoms with Gasteiger partial charge < -0.3 is 10.7 Å². The molecule has 5 nitrogen and oxygen atoms in total. The number of nitrogen functional groups attached to an aromatic ring is 1. The van der Waals surface area contributed by atoms with Gasteiger partial charge in [-0.2, -0.15) is 0 Å². The summed E-state index contributed by atoms with van der Waals surface area (Å²) in [4.78, 5) is 12.9. The van der Waals surface area contributed by atoms with E-state index in [0.717, 1.165) is 6.07 Å². The van der Waals surface area contributed by atoms with E-state index in [0.29, 0.717) is 0 Å². The zero-order valence-electron chi connectivity index (χ0n) is 7.07. The van der Waals surface area contributed by atoms with E-state index in [2.05, 4.69) is 4.98 Å². The molecule has 72 valence electrons. The second-order valence-electron chi connectivity index (χ2n) is 2.50. The lowest BCUT2D eigenvalue weighted by molar-refractivity contribution is 0.597. The van der Waals surface area contributed by atoms with Gasteiger partial charge in [0.05, 0.1) is 5.75 Å². The van der Waals surface area contributed by atoms with Crippen molar-refractivity contribution in [2.45, 2.75) is 11.8 Å². The maximum absolute atomic E-state index is 11.3. The molecule has 0 aliphatic rings. The van der Waals surface area contributed by atoms with Gasteiger partial charge >= 0.3 is 0 Å². The summed E-state index contributed by atoms with van der Waals surface area (Å²) in [5.74, 6) is -0.141. The van der Waals surface area contributed by atoms with E-state index in [1.54, 1.807) is 0 Å². The van der Waals surface area contributed by atoms with Crippen LogP contribution in [0.25, 0.3) is 0 Å². The van der Waals surface area contributed by atoms with Crippen LogP contribution in [0.2, 0.25) is 0 Å². The Bertz CT molecular complexity index is 461. The Hall–Kier alpha value is -1.30. The van der Waals surface area contributed by atoms with Crippen LogP contribution in [-0.2, 0) is 9.84 Å². The SMILES string of the molecule is CCS(=O)(=O)c1ccc(=O)[nH]c1N. The van der Waals surface area contributed by atoms with E-state index in [1.165, 1.54) is 13.0 Å². The van der Waals surface area contributed by atoms with Crippen LogP contribution in [0.15, 0.2) is 21.8 Å². The van der Waals surface area contributed by atoms with Gasteiger partial charge in [-0.05, 0) is 6.07 Å². The van der Waals surface area contributed by atoms with Crippen molar-refractivity contribution in [1.29, 1.82) is 0 Å². The molecule has 0 atom stereocenters. The maximum Gasteiger partial charge on any atom is 0.249 e. The first-order chi connectivity index (χ1) is 5.97. The second kappa shape index (κ2) is 3.21. The molecule has 0 aromatic carbocycles. The van der Waals surface area contributed by atoms with E-state index >= 15 is 0 Å². The quantitative estimate of drug-likeness (QED) is 0.691. The lowest BCUT2D eigenvalue weighted by Gasteiger charge is -2.03. The summed E-state index contributed by atoms with van der Waals surface area (Å²) in [6, 6.07) is 2.35. The number of nitrogens with two attached hydrogens (primary N) is 1. The van der Waals surface area contributed by atoms with Crippen molar-refractivity contribution in [3.8, 4) is 0 Å². The molecule has 0 unspecified atom stereocenters. The lowest BCUT2D eigenvalue weighted by atomic mass is 10.5. The van der Waals surface area contributed by atoms with E-state index in [9.17, 15) is 13.2 Å². The largest absolute Gasteiger partial charge is 0.384 e. The van der Waals surface area contributed by atoms with Gasteiger partial charge in [0, 0.05) is 6.07 Å². The van der Waals surface area contributed by atoms with Crippen LogP contribution in [0.4, 0.5) is 5.82 Å². The Morgan fingerprint density at radius 1 is 1.46 bits per heavy atom. The van der Waals surface area contributed by atoms with Crippen LogP contribution < -0.4 is 11.3 Å². The first-order valence-electron chi connectivity index (χ1n) is 3.69. The number of sulfone groups is 1. The molecule has 1 aromatic heterocycles. The summed E-state index contributed by atoms with van der Waals surface area (Å²) in [7, 11) is -3.34. The van der Waals surface area contributed by atoms with E-state index in [1.807, 2.05) is 0 Å². The number of rotatable bonds is 2. The van der Waals surface area contributed by atoms with Crippen molar-refractivity contribution in [1.82, 2.24) is 4.98 Å². The molecule has 3 N–H and O–H groups in total. The minimum absolute atomic E-state index is 0.0189. The number of aromatic amines is 1. The molecule has 1 aromatic rings. The topological polar surface area (TPSA) is 93.0 Å². The van der Waals surface area contributed by atoms with Crippen LogP contribution in [0, 0.1) is 0 Å². The summed E-state index contributed by atoms with van der Waals surface area (Å²) in [6.45, 7) is 1.51. The van der Waals surface area contributed by atoms with Gasteiger partial charge in [-0.15, -0.1) is 0 Å². The number of H-pyrrole nitrogens is 1. The van der Waals surface area contributed by atoms with Crippen molar-refractivity contribution < 1.29 is 8.42 Å². The molecule has 0 amide bonds. The molecule has 0 bridgehead atoms. The Balaban J connectivity index is 3.41. The fourth-order valence-electron chi connectivity index (χ4n) is 0.904. The average Bonchev–Trinajstić information content (AvgIpc) is 2.03. The van der Waals surface area contributed by atoms with Crippen molar-refractivity contribution in [2.75, 3.05) is 11.5 Å². The van der Waals surface area contributed by atoms with E-state index < -0.39 is 15.4 Å². The fourth-order valence-corrected chi connectivity index (χ4v) is 1.88. The molecular formula is C7H10N2O3S. The Morgan fingerprint density at radius 3 is 2.54 bits per heavy atom. The van der Waals surface area contributed by atoms with E-state index in [-0.39, 0.29) is 16.5 Å². The maximum atomic E-state index is 11.3. The highest BCUT2D eigenvalue weighted by molar-refractivity contribution is 7.91. The normalized spacial score (nSPS) is 11.5. The third-order valence-electron chi connectivity index (χ3n) is 1.62. The molecule has 6 heteroatoms. The highest BCUT2D eigenvalue weighted by Gasteiger charge is 2.14. The number of anilines is 1. The monoisotopic (exact) mass is 202 g/mol. The number of hydrogen-bond acceptors (Lipinski definition) is 4. The molecule has 0 saturated heterocycles. The molecule has 13 heavy (non-hydrogen) atoms. The highest BCUT2D eigenvalue weighted by Crippen LogP contribution is 2.14. The smallest absolute Gasteiger partial charge is 0.249 e. The fraction of sp³-hybridized carbons (Fsp3) is 0.286. The van der Waals surface area contributed by atoms with Gasteiger partial charge in [0.1, 0.15) is 10.7 Å². The summed E-state index contributed by atoms with van der Waals surface area (Å²) in [5.41, 5.74) is 4.94. The number of aromatic nitrogens is 1. The third kappa shape index (κ3) is 1.89. The van der Waals surface area contributed by atoms with Crippen LogP contribution in [0.1, 0.15) is 6.92 Å². The van der Waals surface area contributed by atoms with Crippen LogP contribution in [-0.4, -0.2) is 19.2 Å². The van der Waals surface area contributed by atoms with Gasteiger partial charge in [0.2, 0.25) is 5.56 Å². The minimum atomic E-state index is -3.34. The Morgan fingerprint density at radius 2 is 2.08 bits per heavy atom. The van der Waals surface area contributed by atoms with Crippen LogP contribution in [0.5, 0.6) is 0 Å². The first-order valence-corrected chi connectivity index (χ1v) is 5.34. The van der Waals surface area contributed by atoms with Gasteiger partial charge in [0.15, 0.2) is 9.84 Å². The van der Waals surface area contributed by atoms with Crippen molar-refractivity contribution >= 4 is 15.7 Å². The highest BCUT2D eigenvalue weighted by atomic mass is 32.2. The molecular weight excluding hydrogens is 192 g/mol. The third-order valence-corrected chi connectivity index (χ3v) is 3.41. The number of hydrogen-bond donors (Lipinski definition) is 2. The molecule has 0 aliphatic heterocycles. The van der Waals surface area contributed by atoms with Gasteiger partial charge in [-0.1, -0.05) is 6.92 Å². The summed E-state index contributed by atoms with van der Waals surface area (Å²) < 4.78 is 22.7. The predicted octanol–water partition coefficient (Wildman–Crippen LogP) is -0.249. The van der Waals surface area contributed by atoms with Crippen molar-refractivity contribution in [3.63, 3.8) is 0 Å². The second-order valence-corrected chi connectivity index (χ2v) is 4.75. The zero-order valence-corrected chi connectivity index (χ0v) is 7.89. The van der Waals surface area contributed by atoms with Crippen LogP contribution >= 0.6 is 0 Å². The average molecular weight is 202 g/mol. The molecule has 0 spiro atoms. The van der Waals surface area contributed by atoms with Crippen LogP contribution in [0.3, 0.4) is 0 Å². The molecule has 0 saturated carbocycles. The molecule has 0 radical (unpaired) electrons. The first kappa shape index (κ1) is 9.79. The molecule has 1 rings (SSSR count). The molecule has 0 aliphatic carbocycles. The van der Waals surface area contributed by atoms with Gasteiger partial charge in [0.25, 0.3) is 0 Å². The number of pyridine rings is 1. The number of nitrogens with one attached hydrogen (secondary N) is 1. The summed E-state index contributed by atoms with van der Waals surface area (Å²) in [6.07, 6.45) is 0. The molecule has 1 heterocycles. The zero-order chi connectivity index (χ0) is 10.1. The lowest BCUT2D eigenvalue weighted by Crippen LogP contribution is -2.14. The molecule has 0 fully saturated rings. The standard InChI is InChI=1S/C7H10N2O3S/c1-2-13(11,12)5-3-4-6(10)9-7(5)8/h3-4H,2H2,1H3,(H3,8,9,10).